The molecule has 0 saturated carbocycles. The van der Waals surface area contributed by atoms with Gasteiger partial charge < -0.3 is 4.55 Å². The van der Waals surface area contributed by atoms with Gasteiger partial charge in [0, 0.05) is 0 Å². The quantitative estimate of drug-likeness (QED) is 0.461. The lowest BCUT2D eigenvalue weighted by Crippen LogP contribution is -2.03. The highest BCUT2D eigenvalue weighted by molar-refractivity contribution is 7.79. The zero-order valence-electron chi connectivity index (χ0n) is 3.30. The van der Waals surface area contributed by atoms with Crippen LogP contribution in [0.5, 0.6) is 0 Å². The average molecular weight is 147 g/mol. The lowest BCUT2D eigenvalue weighted by molar-refractivity contribution is 0.465. The Morgan fingerprint density at radius 3 is 2.43 bits per heavy atom. The van der Waals surface area contributed by atoms with E-state index in [1.807, 2.05) is 0 Å². The maximum Gasteiger partial charge on any atom is 0.187 e. The van der Waals surface area contributed by atoms with Crippen molar-refractivity contribution in [3.05, 3.63) is 0 Å². The molecule has 0 bridgehead atoms. The molecule has 0 aromatic carbocycles. The lowest BCUT2D eigenvalue weighted by Gasteiger charge is -1.89. The van der Waals surface area contributed by atoms with Crippen LogP contribution in [0.1, 0.15) is 0 Å². The van der Waals surface area contributed by atoms with Crippen molar-refractivity contribution in [1.82, 2.24) is 0 Å². The fourth-order valence-corrected chi connectivity index (χ4v) is 0.647. The molecule has 0 saturated heterocycles. The summed E-state index contributed by atoms with van der Waals surface area (Å²) in [5, 5.41) is 0. The topological polar surface area (TPSA) is 37.3 Å². The molecular weight excluding hydrogens is 143 g/mol. The second-order valence-electron chi connectivity index (χ2n) is 0.879. The van der Waals surface area contributed by atoms with Gasteiger partial charge in [-0.3, -0.25) is 0 Å². The van der Waals surface area contributed by atoms with Crippen molar-refractivity contribution in [1.29, 1.82) is 0 Å². The van der Waals surface area contributed by atoms with Gasteiger partial charge in [-0.25, -0.2) is 8.60 Å². The average Bonchev–Trinajstić information content (AvgIpc) is 1.27. The molecule has 0 spiro atoms. The van der Waals surface area contributed by atoms with E-state index in [1.54, 1.807) is 0 Å². The predicted octanol–water partition coefficient (Wildman–Crippen LogP) is 0.742. The van der Waals surface area contributed by atoms with Crippen molar-refractivity contribution in [2.24, 2.45) is 0 Å². The maximum absolute atomic E-state index is 11.4. The molecule has 0 aromatic rings. The van der Waals surface area contributed by atoms with Crippen LogP contribution in [0.3, 0.4) is 0 Å². The lowest BCUT2D eigenvalue weighted by atomic mass is 10.9. The summed E-state index contributed by atoms with van der Waals surface area (Å²) >= 11 is 2.55. The number of hydrogen-bond donors (Lipinski definition) is 1. The molecule has 44 valence electrons. The van der Waals surface area contributed by atoms with Gasteiger partial charge in [0.05, 0.1) is 5.75 Å². The first-order chi connectivity index (χ1) is 3.13. The third-order valence-electron chi connectivity index (χ3n) is 0.269. The van der Waals surface area contributed by atoms with Crippen molar-refractivity contribution in [2.75, 3.05) is 5.75 Å². The van der Waals surface area contributed by atoms with E-state index < -0.39 is 22.5 Å². The van der Waals surface area contributed by atoms with E-state index in [-0.39, 0.29) is 0 Å². The summed E-state index contributed by atoms with van der Waals surface area (Å²) in [6.45, 7) is 0. The van der Waals surface area contributed by atoms with Crippen LogP contribution >= 0.6 is 11.6 Å². The third kappa shape index (κ3) is 6.33. The highest BCUT2D eigenvalue weighted by atomic mass is 35.5. The number of hydrogen-bond acceptors (Lipinski definition) is 1. The van der Waals surface area contributed by atoms with Crippen molar-refractivity contribution in [2.45, 2.75) is 5.63 Å². The number of alkyl halides is 2. The summed E-state index contributed by atoms with van der Waals surface area (Å²) in [6.07, 6.45) is 0. The second kappa shape index (κ2) is 3.35. The molecule has 0 heterocycles. The van der Waals surface area contributed by atoms with Gasteiger partial charge >= 0.3 is 0 Å². The predicted molar refractivity (Wildman–Crippen MR) is 26.4 cm³/mol. The molecule has 1 N–H and O–H groups in total. The van der Waals surface area contributed by atoms with Gasteiger partial charge in [0.15, 0.2) is 16.7 Å². The second-order valence-corrected chi connectivity index (χ2v) is 2.33. The fraction of sp³-hybridized carbons (Fsp3) is 1.00. The Labute approximate surface area is 48.0 Å². The minimum absolute atomic E-state index is 0.512. The van der Waals surface area contributed by atoms with E-state index >= 15 is 0 Å². The van der Waals surface area contributed by atoms with E-state index in [0.29, 0.717) is 0 Å². The van der Waals surface area contributed by atoms with Crippen LogP contribution in [0.2, 0.25) is 0 Å². The fourth-order valence-electron chi connectivity index (χ4n) is 0.108. The smallest absolute Gasteiger partial charge is 0.187 e. The molecule has 2 unspecified atom stereocenters. The molecule has 5 heteroatoms. The highest BCUT2D eigenvalue weighted by Crippen LogP contribution is 1.96. The van der Waals surface area contributed by atoms with E-state index in [1.165, 1.54) is 0 Å². The summed E-state index contributed by atoms with van der Waals surface area (Å²) in [4.78, 5) is 0. The van der Waals surface area contributed by atoms with Gasteiger partial charge in [0.1, 0.15) is 0 Å². The van der Waals surface area contributed by atoms with Gasteiger partial charge in [-0.2, -0.15) is 0 Å². The molecule has 0 aliphatic rings. The van der Waals surface area contributed by atoms with Gasteiger partial charge in [0.25, 0.3) is 0 Å². The first-order valence-electron chi connectivity index (χ1n) is 1.48. The molecule has 0 rings (SSSR count). The Kier molecular flexibility index (Phi) is 3.50. The van der Waals surface area contributed by atoms with E-state index in [4.69, 9.17) is 4.55 Å². The van der Waals surface area contributed by atoms with Crippen molar-refractivity contribution in [3.8, 4) is 0 Å². The molecule has 0 aliphatic carbocycles. The Bertz CT molecular complexity index is 76.1. The summed E-state index contributed by atoms with van der Waals surface area (Å²) in [5.74, 6) is -0.512. The van der Waals surface area contributed by atoms with Crippen LogP contribution in [0.4, 0.5) is 4.39 Å². The number of halogens is 2. The zero-order valence-corrected chi connectivity index (χ0v) is 4.88. The van der Waals surface area contributed by atoms with Crippen LogP contribution in [0, 0.1) is 0 Å². The standard InChI is InChI=1S/C2H4ClFO2S/c3-2(4)1-7(5)6/h2H,1H2,(H,5,6). The van der Waals surface area contributed by atoms with E-state index in [2.05, 4.69) is 11.6 Å². The van der Waals surface area contributed by atoms with Crippen molar-refractivity contribution >= 4 is 22.7 Å². The summed E-state index contributed by atoms with van der Waals surface area (Å²) in [6, 6.07) is 0. The Morgan fingerprint density at radius 2 is 2.43 bits per heavy atom. The van der Waals surface area contributed by atoms with Gasteiger partial charge in [-0.05, 0) is 0 Å². The van der Waals surface area contributed by atoms with Gasteiger partial charge in [-0.15, -0.1) is 0 Å². The first kappa shape index (κ1) is 7.33. The molecule has 0 radical (unpaired) electrons. The normalized spacial score (nSPS) is 18.7. The van der Waals surface area contributed by atoms with E-state index in [9.17, 15) is 8.60 Å². The highest BCUT2D eigenvalue weighted by Gasteiger charge is 2.02. The Hall–Kier alpha value is 0.330. The van der Waals surface area contributed by atoms with Gasteiger partial charge in [0.2, 0.25) is 0 Å². The third-order valence-corrected chi connectivity index (χ3v) is 1.18. The van der Waals surface area contributed by atoms with E-state index in [0.717, 1.165) is 0 Å². The maximum atomic E-state index is 11.4. The van der Waals surface area contributed by atoms with Crippen LogP contribution in [-0.4, -0.2) is 20.1 Å². The van der Waals surface area contributed by atoms with Crippen LogP contribution < -0.4 is 0 Å². The zero-order chi connectivity index (χ0) is 5.86. The van der Waals surface area contributed by atoms with Crippen LogP contribution in [-0.2, 0) is 11.1 Å². The molecular formula is C2H4ClFO2S. The number of rotatable bonds is 2. The Balaban J connectivity index is 3.13. The molecule has 0 fully saturated rings. The molecule has 0 amide bonds. The monoisotopic (exact) mass is 146 g/mol. The molecule has 2 nitrogen and oxygen atoms in total. The molecule has 7 heavy (non-hydrogen) atoms. The molecule has 2 atom stereocenters. The minimum Gasteiger partial charge on any atom is -0.306 e. The molecule has 0 aliphatic heterocycles. The SMILES string of the molecule is O=S(O)CC(F)Cl. The van der Waals surface area contributed by atoms with Crippen LogP contribution in [0.25, 0.3) is 0 Å². The Morgan fingerprint density at radius 1 is 2.00 bits per heavy atom. The van der Waals surface area contributed by atoms with Gasteiger partial charge in [-0.1, -0.05) is 11.6 Å². The molecule has 0 aromatic heterocycles. The van der Waals surface area contributed by atoms with Crippen LogP contribution in [0.15, 0.2) is 0 Å². The van der Waals surface area contributed by atoms with Crippen molar-refractivity contribution in [3.63, 3.8) is 0 Å². The summed E-state index contributed by atoms with van der Waals surface area (Å²) in [5.41, 5.74) is -1.70. The summed E-state index contributed by atoms with van der Waals surface area (Å²) < 4.78 is 28.8. The largest absolute Gasteiger partial charge is 0.306 e. The minimum atomic E-state index is -2.10. The first-order valence-corrected chi connectivity index (χ1v) is 3.19. The van der Waals surface area contributed by atoms with Crippen molar-refractivity contribution < 1.29 is 13.2 Å². The summed E-state index contributed by atoms with van der Waals surface area (Å²) in [7, 11) is 0.